The van der Waals surface area contributed by atoms with Gasteiger partial charge in [0.25, 0.3) is 0 Å². The van der Waals surface area contributed by atoms with Crippen LogP contribution in [0.25, 0.3) is 0 Å². The number of fused-ring (bicyclic) bond motifs is 2. The SMILES string of the molecule is CCCC(CCC)CC1CC([Si](C)(C)C2CC(CC)C3CCCCC32)C2CCCCC12.[CH3-].[CH3-].[Cl][Zr+2][Cl]. The van der Waals surface area contributed by atoms with Gasteiger partial charge in [-0.3, -0.25) is 0 Å². The van der Waals surface area contributed by atoms with E-state index in [-0.39, 0.29) is 14.9 Å². The first-order chi connectivity index (χ1) is 16.4. The van der Waals surface area contributed by atoms with Gasteiger partial charge in [0.1, 0.15) is 0 Å². The molecule has 4 saturated carbocycles. The summed E-state index contributed by atoms with van der Waals surface area (Å²) >= 11 is -0.826. The summed E-state index contributed by atoms with van der Waals surface area (Å²) in [5.74, 6) is 7.71. The van der Waals surface area contributed by atoms with Gasteiger partial charge in [-0.1, -0.05) is 104 Å². The molecule has 0 aromatic heterocycles. The van der Waals surface area contributed by atoms with Crippen molar-refractivity contribution in [3.05, 3.63) is 14.9 Å². The van der Waals surface area contributed by atoms with Crippen molar-refractivity contribution in [2.45, 2.75) is 148 Å². The van der Waals surface area contributed by atoms with Gasteiger partial charge >= 0.3 is 37.9 Å². The maximum absolute atomic E-state index is 4.93. The Labute approximate surface area is 248 Å². The van der Waals surface area contributed by atoms with Gasteiger partial charge in [-0.2, -0.15) is 0 Å². The summed E-state index contributed by atoms with van der Waals surface area (Å²) in [6.07, 6.45) is 24.7. The molecule has 0 saturated heterocycles. The predicted octanol–water partition coefficient (Wildman–Crippen LogP) is 12.4. The summed E-state index contributed by atoms with van der Waals surface area (Å²) in [5.41, 5.74) is 2.33. The Balaban J connectivity index is 0.00000123. The number of hydrogen-bond donors (Lipinski definition) is 0. The molecule has 0 aromatic carbocycles. The van der Waals surface area contributed by atoms with Crippen molar-refractivity contribution in [1.29, 1.82) is 0 Å². The van der Waals surface area contributed by atoms with Crippen molar-refractivity contribution in [1.82, 2.24) is 0 Å². The van der Waals surface area contributed by atoms with Crippen LogP contribution in [0.5, 0.6) is 0 Å². The number of halogens is 2. The molecule has 0 N–H and O–H groups in total. The predicted molar refractivity (Wildman–Crippen MR) is 165 cm³/mol. The quantitative estimate of drug-likeness (QED) is 0.174. The molecule has 0 heterocycles. The average Bonchev–Trinajstić information content (AvgIpc) is 3.40. The average molecular weight is 637 g/mol. The number of rotatable bonds is 9. The summed E-state index contributed by atoms with van der Waals surface area (Å²) in [5, 5.41) is 0. The first kappa shape index (κ1) is 35.7. The summed E-state index contributed by atoms with van der Waals surface area (Å²) in [6, 6.07) is 0. The van der Waals surface area contributed by atoms with Crippen LogP contribution in [-0.4, -0.2) is 8.07 Å². The van der Waals surface area contributed by atoms with Gasteiger partial charge in [-0.15, -0.1) is 0 Å². The molecule has 212 valence electrons. The van der Waals surface area contributed by atoms with E-state index in [1.165, 1.54) is 32.1 Å². The van der Waals surface area contributed by atoms with Crippen molar-refractivity contribution in [2.24, 2.45) is 41.4 Å². The third-order valence-corrected chi connectivity index (χ3v) is 16.7. The first-order valence-corrected chi connectivity index (χ1v) is 24.9. The molecule has 4 fully saturated rings. The van der Waals surface area contributed by atoms with Crippen LogP contribution in [-0.2, 0) is 20.8 Å². The fourth-order valence-electron chi connectivity index (χ4n) is 10.2. The molecule has 0 nitrogen and oxygen atoms in total. The van der Waals surface area contributed by atoms with Gasteiger partial charge < -0.3 is 14.9 Å². The van der Waals surface area contributed by atoms with E-state index in [9.17, 15) is 0 Å². The van der Waals surface area contributed by atoms with E-state index in [1.54, 1.807) is 70.6 Å². The van der Waals surface area contributed by atoms with Crippen LogP contribution in [0.2, 0.25) is 24.2 Å². The minimum atomic E-state index is -1.24. The van der Waals surface area contributed by atoms with Gasteiger partial charge in [0.05, 0.1) is 8.07 Å². The van der Waals surface area contributed by atoms with Crippen LogP contribution in [0.1, 0.15) is 124 Å². The van der Waals surface area contributed by atoms with Crippen molar-refractivity contribution in [2.75, 3.05) is 0 Å². The van der Waals surface area contributed by atoms with Crippen molar-refractivity contribution >= 4 is 25.1 Å². The second-order valence-corrected chi connectivity index (χ2v) is 22.3. The fourth-order valence-corrected chi connectivity index (χ4v) is 15.7. The Morgan fingerprint density at radius 3 is 1.50 bits per heavy atom. The molecule has 8 unspecified atom stereocenters. The Morgan fingerprint density at radius 1 is 0.694 bits per heavy atom. The van der Waals surface area contributed by atoms with E-state index in [4.69, 9.17) is 17.0 Å². The molecule has 8 atom stereocenters. The van der Waals surface area contributed by atoms with Gasteiger partial charge in [-0.05, 0) is 84.6 Å². The zero-order chi connectivity index (χ0) is 24.7. The molecule has 0 radical (unpaired) electrons. The van der Waals surface area contributed by atoms with Gasteiger partial charge in [-0.25, -0.2) is 0 Å². The van der Waals surface area contributed by atoms with Crippen LogP contribution in [0, 0.1) is 56.3 Å². The molecule has 0 bridgehead atoms. The molecule has 4 aliphatic rings. The summed E-state index contributed by atoms with van der Waals surface area (Å²) in [4.78, 5) is 0. The molecule has 4 aliphatic carbocycles. The van der Waals surface area contributed by atoms with Crippen LogP contribution in [0.3, 0.4) is 0 Å². The third kappa shape index (κ3) is 8.35. The van der Waals surface area contributed by atoms with Crippen LogP contribution in [0.4, 0.5) is 0 Å². The molecule has 4 rings (SSSR count). The molecule has 4 heteroatoms. The van der Waals surface area contributed by atoms with Gasteiger partial charge in [0, 0.05) is 0 Å². The second kappa shape index (κ2) is 17.5. The van der Waals surface area contributed by atoms with Crippen molar-refractivity contribution in [3.8, 4) is 0 Å². The van der Waals surface area contributed by atoms with Crippen LogP contribution in [0.15, 0.2) is 0 Å². The molecule has 0 aliphatic heterocycles. The normalized spacial score (nSPS) is 35.4. The van der Waals surface area contributed by atoms with E-state index >= 15 is 0 Å². The molecular formula is C32H62Cl2SiZr. The Kier molecular flexibility index (Phi) is 17.3. The topological polar surface area (TPSA) is 0 Å². The van der Waals surface area contributed by atoms with E-state index in [1.807, 2.05) is 0 Å². The van der Waals surface area contributed by atoms with E-state index in [2.05, 4.69) is 33.9 Å². The fraction of sp³-hybridized carbons (Fsp3) is 0.938. The monoisotopic (exact) mass is 634 g/mol. The van der Waals surface area contributed by atoms with Crippen molar-refractivity contribution < 1.29 is 20.8 Å². The minimum absolute atomic E-state index is 0. The number of hydrogen-bond acceptors (Lipinski definition) is 0. The molecule has 36 heavy (non-hydrogen) atoms. The van der Waals surface area contributed by atoms with Crippen LogP contribution >= 0.6 is 17.0 Å². The Morgan fingerprint density at radius 2 is 1.08 bits per heavy atom. The van der Waals surface area contributed by atoms with E-state index < -0.39 is 28.9 Å². The van der Waals surface area contributed by atoms with Gasteiger partial charge in [0.15, 0.2) is 0 Å². The molecular weight excluding hydrogens is 575 g/mol. The third-order valence-electron chi connectivity index (χ3n) is 11.6. The van der Waals surface area contributed by atoms with Gasteiger partial charge in [0.2, 0.25) is 0 Å². The standard InChI is InChI=1S/C30H56Si.2CH3.2ClH.Zr/c1-6-13-22(14-7-2)19-24-21-30(28-18-12-10-16-26(24)28)31(4,5)29-20-23(8-3)25-15-9-11-17-27(25)29;;;;;/h22-30H,6-21H2,1-5H3;2*1H3;2*1H;/q;2*-1;;;+4/p-2. The molecule has 0 amide bonds. The summed E-state index contributed by atoms with van der Waals surface area (Å²) in [6.45, 7) is 13.2. The molecule has 0 aromatic rings. The Bertz CT molecular complexity index is 579. The van der Waals surface area contributed by atoms with E-state index in [0.717, 1.165) is 52.5 Å². The maximum atomic E-state index is 4.93. The Hall–Kier alpha value is 1.68. The summed E-state index contributed by atoms with van der Waals surface area (Å²) in [7, 11) is 8.63. The zero-order valence-electron chi connectivity index (χ0n) is 25.3. The van der Waals surface area contributed by atoms with Crippen molar-refractivity contribution in [3.63, 3.8) is 0 Å². The summed E-state index contributed by atoms with van der Waals surface area (Å²) < 4.78 is 0. The zero-order valence-corrected chi connectivity index (χ0v) is 30.2. The first-order valence-electron chi connectivity index (χ1n) is 15.4. The molecule has 0 spiro atoms. The van der Waals surface area contributed by atoms with Crippen LogP contribution < -0.4 is 0 Å². The second-order valence-electron chi connectivity index (χ2n) is 13.4. The van der Waals surface area contributed by atoms with E-state index in [0.29, 0.717) is 0 Å².